The van der Waals surface area contributed by atoms with Gasteiger partial charge in [-0.25, -0.2) is 0 Å². The number of amides is 1. The topological polar surface area (TPSA) is 91.1 Å². The van der Waals surface area contributed by atoms with Crippen molar-refractivity contribution >= 4 is 40.3 Å². The number of nitrogens with one attached hydrogen (secondary N) is 1. The first-order valence-corrected chi connectivity index (χ1v) is 11.7. The maximum absolute atomic E-state index is 12.5. The quantitative estimate of drug-likeness (QED) is 0.409. The van der Waals surface area contributed by atoms with E-state index in [-0.39, 0.29) is 28.6 Å². The van der Waals surface area contributed by atoms with Gasteiger partial charge in [0.1, 0.15) is 6.17 Å². The minimum absolute atomic E-state index is 0.00856. The van der Waals surface area contributed by atoms with Crippen molar-refractivity contribution in [2.24, 2.45) is 4.99 Å². The number of benzene rings is 3. The van der Waals surface area contributed by atoms with Crippen molar-refractivity contribution in [1.29, 1.82) is 0 Å². The molecule has 2 unspecified atom stereocenters. The van der Waals surface area contributed by atoms with Crippen LogP contribution in [0.4, 0.5) is 17.1 Å². The van der Waals surface area contributed by atoms with Crippen LogP contribution < -0.4 is 10.2 Å². The fourth-order valence-corrected chi connectivity index (χ4v) is 4.86. The van der Waals surface area contributed by atoms with Crippen LogP contribution in [0.1, 0.15) is 22.6 Å². The molecular weight excluding hydrogens is 454 g/mol. The van der Waals surface area contributed by atoms with Gasteiger partial charge in [-0.2, -0.15) is 0 Å². The molecule has 0 saturated carbocycles. The van der Waals surface area contributed by atoms with Gasteiger partial charge in [-0.3, -0.25) is 19.9 Å². The molecule has 0 spiro atoms. The van der Waals surface area contributed by atoms with Crippen molar-refractivity contribution in [2.75, 3.05) is 37.9 Å². The number of hydrogen-bond acceptors (Lipinski definition) is 6. The molecule has 36 heavy (non-hydrogen) atoms. The molecular formula is C28H27N5O3. The zero-order valence-corrected chi connectivity index (χ0v) is 20.4. The van der Waals surface area contributed by atoms with Gasteiger partial charge in [0.2, 0.25) is 5.91 Å². The molecule has 8 nitrogen and oxygen atoms in total. The predicted octanol–water partition coefficient (Wildman–Crippen LogP) is 4.65. The molecule has 2 aliphatic rings. The highest BCUT2D eigenvalue weighted by atomic mass is 16.6. The van der Waals surface area contributed by atoms with Gasteiger partial charge in [-0.05, 0) is 54.6 Å². The van der Waals surface area contributed by atoms with E-state index in [0.29, 0.717) is 6.54 Å². The monoisotopic (exact) mass is 481 g/mol. The number of hydrogen-bond donors (Lipinski definition) is 1. The maximum Gasteiger partial charge on any atom is 0.269 e. The van der Waals surface area contributed by atoms with Crippen molar-refractivity contribution in [2.45, 2.75) is 12.1 Å². The summed E-state index contributed by atoms with van der Waals surface area (Å²) in [5, 5.41) is 14.9. The van der Waals surface area contributed by atoms with Gasteiger partial charge in [0.05, 0.1) is 17.4 Å². The van der Waals surface area contributed by atoms with E-state index in [1.165, 1.54) is 6.07 Å². The third-order valence-corrected chi connectivity index (χ3v) is 6.64. The maximum atomic E-state index is 12.5. The van der Waals surface area contributed by atoms with E-state index in [1.54, 1.807) is 24.1 Å². The van der Waals surface area contributed by atoms with Gasteiger partial charge in [0, 0.05) is 42.3 Å². The van der Waals surface area contributed by atoms with Gasteiger partial charge < -0.3 is 15.1 Å². The van der Waals surface area contributed by atoms with Gasteiger partial charge >= 0.3 is 0 Å². The summed E-state index contributed by atoms with van der Waals surface area (Å²) in [5.41, 5.74) is 6.62. The van der Waals surface area contributed by atoms with Crippen LogP contribution in [0.15, 0.2) is 77.8 Å². The molecule has 2 heterocycles. The van der Waals surface area contributed by atoms with Crippen molar-refractivity contribution in [3.8, 4) is 0 Å². The summed E-state index contributed by atoms with van der Waals surface area (Å²) in [6.07, 6.45) is 1.64. The molecule has 0 aromatic heterocycles. The lowest BCUT2D eigenvalue weighted by Gasteiger charge is -2.27. The van der Waals surface area contributed by atoms with Crippen LogP contribution in [0.25, 0.3) is 11.1 Å². The van der Waals surface area contributed by atoms with Crippen LogP contribution in [0.5, 0.6) is 0 Å². The second-order valence-electron chi connectivity index (χ2n) is 9.30. The Morgan fingerprint density at radius 1 is 1.00 bits per heavy atom. The molecule has 5 rings (SSSR count). The third-order valence-electron chi connectivity index (χ3n) is 6.64. The zero-order valence-electron chi connectivity index (χ0n) is 20.4. The smallest absolute Gasteiger partial charge is 0.269 e. The lowest BCUT2D eigenvalue weighted by molar-refractivity contribution is -0.384. The van der Waals surface area contributed by atoms with E-state index in [9.17, 15) is 14.9 Å². The lowest BCUT2D eigenvalue weighted by atomic mass is 9.80. The van der Waals surface area contributed by atoms with Gasteiger partial charge in [-0.15, -0.1) is 0 Å². The van der Waals surface area contributed by atoms with E-state index in [2.05, 4.69) is 17.4 Å². The van der Waals surface area contributed by atoms with Gasteiger partial charge in [0.15, 0.2) is 0 Å². The minimum Gasteiger partial charge on any atom is -0.363 e. The Kier molecular flexibility index (Phi) is 6.12. The average molecular weight is 482 g/mol. The number of fused-ring (bicyclic) bond motifs is 3. The zero-order chi connectivity index (χ0) is 25.4. The molecule has 3 aromatic carbocycles. The summed E-state index contributed by atoms with van der Waals surface area (Å²) >= 11 is 0. The molecule has 2 aliphatic heterocycles. The number of dihydropyridines is 1. The Hall–Kier alpha value is -4.30. The largest absolute Gasteiger partial charge is 0.363 e. The minimum atomic E-state index is -0.362. The van der Waals surface area contributed by atoms with Crippen molar-refractivity contribution in [1.82, 2.24) is 4.90 Å². The van der Waals surface area contributed by atoms with Crippen LogP contribution in [0.3, 0.4) is 0 Å². The number of likely N-dealkylation sites (N-methyl/N-ethyl adjacent to an activating group) is 2. The number of anilines is 2. The van der Waals surface area contributed by atoms with Gasteiger partial charge in [0.25, 0.3) is 5.69 Å². The third kappa shape index (κ3) is 4.27. The first kappa shape index (κ1) is 23.4. The van der Waals surface area contributed by atoms with E-state index < -0.39 is 0 Å². The van der Waals surface area contributed by atoms with E-state index in [0.717, 1.165) is 39.2 Å². The highest BCUT2D eigenvalue weighted by Gasteiger charge is 2.39. The Balaban J connectivity index is 1.59. The van der Waals surface area contributed by atoms with Crippen LogP contribution in [0, 0.1) is 10.1 Å². The summed E-state index contributed by atoms with van der Waals surface area (Å²) in [5.74, 6) is -0.166. The molecule has 1 N–H and O–H groups in total. The summed E-state index contributed by atoms with van der Waals surface area (Å²) < 4.78 is 0. The predicted molar refractivity (Wildman–Crippen MR) is 143 cm³/mol. The molecule has 0 bridgehead atoms. The molecule has 8 heteroatoms. The fourth-order valence-electron chi connectivity index (χ4n) is 4.86. The Morgan fingerprint density at radius 3 is 2.39 bits per heavy atom. The van der Waals surface area contributed by atoms with Crippen molar-refractivity contribution in [3.05, 3.63) is 99.6 Å². The first-order valence-electron chi connectivity index (χ1n) is 11.7. The number of allylic oxidation sites excluding steroid dienone is 1. The number of carbonyl (C=O) groups excluding carboxylic acids is 1. The normalized spacial score (nSPS) is 18.0. The number of carbonyl (C=O) groups is 1. The molecule has 0 fully saturated rings. The fraction of sp³-hybridized carbons (Fsp3) is 0.214. The van der Waals surface area contributed by atoms with Crippen LogP contribution in [0.2, 0.25) is 0 Å². The first-order chi connectivity index (χ1) is 17.3. The molecule has 3 aromatic rings. The second-order valence-corrected chi connectivity index (χ2v) is 9.30. The standard InChI is InChI=1S/C28H27N5O3/c1-31(2)17-25(34)32(3)20-11-9-18(10-12-20)23-16-29-28-27(26(23)19-7-5-4-6-8-19)22-15-21(33(35)36)13-14-24(22)30-28/h4-16,27-28,30H,17H2,1-3H3. The molecule has 2 atom stereocenters. The van der Waals surface area contributed by atoms with Crippen LogP contribution in [-0.4, -0.2) is 55.8 Å². The summed E-state index contributed by atoms with van der Waals surface area (Å²) in [6, 6.07) is 22.9. The number of nitro groups is 1. The molecule has 0 saturated heterocycles. The van der Waals surface area contributed by atoms with E-state index >= 15 is 0 Å². The summed E-state index contributed by atoms with van der Waals surface area (Å²) in [6.45, 7) is 0.329. The van der Waals surface area contributed by atoms with Crippen LogP contribution in [-0.2, 0) is 4.79 Å². The van der Waals surface area contributed by atoms with E-state index in [1.807, 2.05) is 67.7 Å². The number of non-ortho nitro benzene ring substituents is 1. The number of aliphatic imine (C=N–C) groups is 1. The highest BCUT2D eigenvalue weighted by Crippen LogP contribution is 2.50. The highest BCUT2D eigenvalue weighted by molar-refractivity contribution is 6.22. The molecule has 182 valence electrons. The Bertz CT molecular complexity index is 1380. The molecule has 1 amide bonds. The second kappa shape index (κ2) is 9.39. The lowest BCUT2D eigenvalue weighted by Crippen LogP contribution is -2.34. The molecule has 0 aliphatic carbocycles. The average Bonchev–Trinajstić information content (AvgIpc) is 3.26. The van der Waals surface area contributed by atoms with Crippen molar-refractivity contribution in [3.63, 3.8) is 0 Å². The van der Waals surface area contributed by atoms with Gasteiger partial charge in [-0.1, -0.05) is 42.5 Å². The van der Waals surface area contributed by atoms with E-state index in [4.69, 9.17) is 4.99 Å². The summed E-state index contributed by atoms with van der Waals surface area (Å²) in [7, 11) is 5.51. The number of nitrogens with zero attached hydrogens (tertiary/aromatic N) is 4. The number of nitro benzene ring substituents is 1. The summed E-state index contributed by atoms with van der Waals surface area (Å²) in [4.78, 5) is 31.9. The Morgan fingerprint density at radius 2 is 1.72 bits per heavy atom. The Labute approximate surface area is 209 Å². The molecule has 0 radical (unpaired) electrons. The van der Waals surface area contributed by atoms with Crippen molar-refractivity contribution < 1.29 is 9.72 Å². The van der Waals surface area contributed by atoms with Crippen LogP contribution >= 0.6 is 0 Å². The number of rotatable bonds is 6. The SMILES string of the molecule is CN(C)CC(=O)N(C)c1ccc(C2=C(c3ccccc3)C3c4cc([N+](=O)[O-])ccc4NC3N=C2)cc1.